The van der Waals surface area contributed by atoms with E-state index in [1.54, 1.807) is 0 Å². The van der Waals surface area contributed by atoms with Crippen molar-refractivity contribution in [3.05, 3.63) is 12.7 Å². The smallest absolute Gasteiger partial charge is 0.328 e. The van der Waals surface area contributed by atoms with Crippen LogP contribution in [0.1, 0.15) is 26.2 Å². The normalized spacial score (nSPS) is 11.5. The Kier molecular flexibility index (Phi) is 7.05. The lowest BCUT2D eigenvalue weighted by molar-refractivity contribution is -0.146. The molecule has 0 amide bonds. The number of nitrogens with zero attached hydrogens (tertiary/aromatic N) is 1. The summed E-state index contributed by atoms with van der Waals surface area (Å²) in [4.78, 5) is 14.7. The Morgan fingerprint density at radius 2 is 2.27 bits per heavy atom. The van der Waals surface area contributed by atoms with Gasteiger partial charge in [0.15, 0.2) is 5.96 Å². The molecule has 0 radical (unpaired) electrons. The summed E-state index contributed by atoms with van der Waals surface area (Å²) in [5.74, 6) is -0.513. The van der Waals surface area contributed by atoms with Gasteiger partial charge in [-0.05, 0) is 26.2 Å². The second-order valence-corrected chi connectivity index (χ2v) is 3.26. The van der Waals surface area contributed by atoms with Crippen LogP contribution in [0.3, 0.4) is 0 Å². The molecule has 0 saturated carbocycles. The number of aliphatic imine (C=N–C) groups is 1. The third kappa shape index (κ3) is 8.80. The lowest BCUT2D eigenvalue weighted by atomic mass is 10.2. The first-order chi connectivity index (χ1) is 7.06. The van der Waals surface area contributed by atoms with Crippen molar-refractivity contribution in [2.24, 2.45) is 16.5 Å². The number of hydrogen-bond acceptors (Lipinski definition) is 3. The number of ether oxygens (including phenoxy) is 1. The quantitative estimate of drug-likeness (QED) is 0.212. The first-order valence-corrected chi connectivity index (χ1v) is 4.92. The van der Waals surface area contributed by atoms with Crippen LogP contribution in [0.5, 0.6) is 0 Å². The summed E-state index contributed by atoms with van der Waals surface area (Å²) in [6.07, 6.45) is 4.44. The molecule has 1 unspecified atom stereocenters. The molecule has 5 nitrogen and oxygen atoms in total. The Hall–Kier alpha value is -1.52. The third-order valence-corrected chi connectivity index (χ3v) is 1.74. The predicted octanol–water partition coefficient (Wildman–Crippen LogP) is 0.548. The van der Waals surface area contributed by atoms with Gasteiger partial charge in [-0.2, -0.15) is 0 Å². The lowest BCUT2D eigenvalue weighted by Crippen LogP contribution is -2.25. The molecule has 0 bridgehead atoms. The van der Waals surface area contributed by atoms with Gasteiger partial charge >= 0.3 is 5.97 Å². The highest BCUT2D eigenvalue weighted by Crippen LogP contribution is 2.04. The van der Waals surface area contributed by atoms with Crippen LogP contribution in [0.2, 0.25) is 0 Å². The number of carbonyl (C=O) groups excluding carboxylic acids is 1. The Morgan fingerprint density at radius 1 is 1.60 bits per heavy atom. The molecular weight excluding hydrogens is 194 g/mol. The Bertz CT molecular complexity index is 235. The summed E-state index contributed by atoms with van der Waals surface area (Å²) < 4.78 is 5.06. The van der Waals surface area contributed by atoms with Crippen molar-refractivity contribution in [3.63, 3.8) is 0 Å². The van der Waals surface area contributed by atoms with Gasteiger partial charge in [0.05, 0.1) is 6.10 Å². The molecule has 0 heterocycles. The van der Waals surface area contributed by atoms with E-state index in [4.69, 9.17) is 16.2 Å². The van der Waals surface area contributed by atoms with Crippen LogP contribution < -0.4 is 11.5 Å². The number of hydrogen-bond donors (Lipinski definition) is 2. The Labute approximate surface area is 90.2 Å². The van der Waals surface area contributed by atoms with Gasteiger partial charge in [0, 0.05) is 0 Å². The van der Waals surface area contributed by atoms with Gasteiger partial charge in [-0.1, -0.05) is 6.08 Å². The Morgan fingerprint density at radius 3 is 2.80 bits per heavy atom. The van der Waals surface area contributed by atoms with Crippen molar-refractivity contribution in [2.75, 3.05) is 6.54 Å². The minimum Gasteiger partial charge on any atom is -0.461 e. The highest BCUT2D eigenvalue weighted by Gasteiger charge is 2.07. The molecular formula is C10H19N3O2. The number of unbranched alkanes of at least 4 members (excludes halogenated alkanes) is 1. The first-order valence-electron chi connectivity index (χ1n) is 4.92. The molecule has 0 aliphatic heterocycles. The van der Waals surface area contributed by atoms with E-state index >= 15 is 0 Å². The van der Waals surface area contributed by atoms with Gasteiger partial charge in [0.2, 0.25) is 0 Å². The van der Waals surface area contributed by atoms with Gasteiger partial charge in [0.25, 0.3) is 0 Å². The molecule has 0 aromatic rings. The second-order valence-electron chi connectivity index (χ2n) is 3.26. The van der Waals surface area contributed by atoms with Gasteiger partial charge in [-0.25, -0.2) is 4.99 Å². The largest absolute Gasteiger partial charge is 0.461 e. The summed E-state index contributed by atoms with van der Waals surface area (Å²) in [6, 6.07) is 0. The minimum atomic E-state index is -0.408. The Balaban J connectivity index is 3.66. The first kappa shape index (κ1) is 13.5. The van der Waals surface area contributed by atoms with Crippen LogP contribution in [0.25, 0.3) is 0 Å². The zero-order chi connectivity index (χ0) is 11.7. The molecule has 5 heteroatoms. The number of rotatable bonds is 7. The fourth-order valence-electron chi connectivity index (χ4n) is 1.03. The van der Waals surface area contributed by atoms with Crippen molar-refractivity contribution < 1.29 is 9.53 Å². The number of allylic oxidation sites excluding steroid dienone is 1. The van der Waals surface area contributed by atoms with Crippen LogP contribution in [0.4, 0.5) is 0 Å². The predicted molar refractivity (Wildman–Crippen MR) is 60.3 cm³/mol. The monoisotopic (exact) mass is 213 g/mol. The molecule has 0 spiro atoms. The summed E-state index contributed by atoms with van der Waals surface area (Å²) in [6.45, 7) is 5.34. The van der Waals surface area contributed by atoms with Gasteiger partial charge < -0.3 is 16.2 Å². The molecule has 0 saturated heterocycles. The van der Waals surface area contributed by atoms with E-state index in [0.29, 0.717) is 0 Å². The van der Waals surface area contributed by atoms with Crippen molar-refractivity contribution in [1.82, 2.24) is 0 Å². The number of nitrogens with two attached hydrogens (primary N) is 2. The maximum absolute atomic E-state index is 11.1. The van der Waals surface area contributed by atoms with Crippen molar-refractivity contribution >= 4 is 11.9 Å². The molecule has 0 aliphatic carbocycles. The van der Waals surface area contributed by atoms with Gasteiger partial charge in [0.1, 0.15) is 6.54 Å². The van der Waals surface area contributed by atoms with Gasteiger partial charge in [-0.15, -0.1) is 6.58 Å². The highest BCUT2D eigenvalue weighted by atomic mass is 16.5. The standard InChI is InChI=1S/C10H19N3O2/c1-3-4-5-6-8(2)15-9(14)7-13-10(11)12/h3,8H,1,4-7H2,2H3,(H4,11,12,13). The number of carbonyl (C=O) groups is 1. The van der Waals surface area contributed by atoms with Crippen LogP contribution >= 0.6 is 0 Å². The van der Waals surface area contributed by atoms with Crippen molar-refractivity contribution in [2.45, 2.75) is 32.3 Å². The van der Waals surface area contributed by atoms with E-state index in [1.165, 1.54) is 0 Å². The molecule has 0 aliphatic rings. The molecule has 15 heavy (non-hydrogen) atoms. The van der Waals surface area contributed by atoms with E-state index in [-0.39, 0.29) is 18.6 Å². The van der Waals surface area contributed by atoms with Crippen LogP contribution in [-0.4, -0.2) is 24.6 Å². The average Bonchev–Trinajstić information content (AvgIpc) is 2.15. The topological polar surface area (TPSA) is 90.7 Å². The summed E-state index contributed by atoms with van der Waals surface area (Å²) in [7, 11) is 0. The van der Waals surface area contributed by atoms with Gasteiger partial charge in [-0.3, -0.25) is 4.79 Å². The average molecular weight is 213 g/mol. The summed E-state index contributed by atoms with van der Waals surface area (Å²) >= 11 is 0. The lowest BCUT2D eigenvalue weighted by Gasteiger charge is -2.11. The van der Waals surface area contributed by atoms with E-state index in [1.807, 2.05) is 13.0 Å². The number of guanidine groups is 1. The summed E-state index contributed by atoms with van der Waals surface area (Å²) in [5.41, 5.74) is 10.2. The molecule has 86 valence electrons. The van der Waals surface area contributed by atoms with Crippen molar-refractivity contribution in [1.29, 1.82) is 0 Å². The maximum Gasteiger partial charge on any atom is 0.328 e. The van der Waals surface area contributed by atoms with E-state index in [2.05, 4.69) is 11.6 Å². The fraction of sp³-hybridized carbons (Fsp3) is 0.600. The zero-order valence-corrected chi connectivity index (χ0v) is 9.11. The SMILES string of the molecule is C=CCCCC(C)OC(=O)CN=C(N)N. The number of esters is 1. The molecule has 0 aromatic heterocycles. The van der Waals surface area contributed by atoms with E-state index in [0.717, 1.165) is 19.3 Å². The maximum atomic E-state index is 11.1. The van der Waals surface area contributed by atoms with Crippen LogP contribution in [0, 0.1) is 0 Å². The van der Waals surface area contributed by atoms with Crippen LogP contribution in [0.15, 0.2) is 17.6 Å². The van der Waals surface area contributed by atoms with E-state index < -0.39 is 5.97 Å². The van der Waals surface area contributed by atoms with Crippen molar-refractivity contribution in [3.8, 4) is 0 Å². The molecule has 1 atom stereocenters. The van der Waals surface area contributed by atoms with E-state index in [9.17, 15) is 4.79 Å². The van der Waals surface area contributed by atoms with Crippen LogP contribution in [-0.2, 0) is 9.53 Å². The molecule has 4 N–H and O–H groups in total. The molecule has 0 rings (SSSR count). The molecule has 0 aromatic carbocycles. The minimum absolute atomic E-state index is 0.105. The zero-order valence-electron chi connectivity index (χ0n) is 9.11. The summed E-state index contributed by atoms with van der Waals surface area (Å²) in [5, 5.41) is 0. The molecule has 0 fully saturated rings. The second kappa shape index (κ2) is 7.84. The fourth-order valence-corrected chi connectivity index (χ4v) is 1.03. The third-order valence-electron chi connectivity index (χ3n) is 1.74. The highest BCUT2D eigenvalue weighted by molar-refractivity contribution is 5.80.